The normalized spacial score (nSPS) is 14.2. The molecule has 56 valence electrons. The van der Waals surface area contributed by atoms with Crippen LogP contribution in [0.5, 0.6) is 0 Å². The Morgan fingerprint density at radius 1 is 1.55 bits per heavy atom. The van der Waals surface area contributed by atoms with Gasteiger partial charge in [0, 0.05) is 12.5 Å². The Balaban J connectivity index is 2.41. The first-order chi connectivity index (χ1) is 5.40. The highest BCUT2D eigenvalue weighted by atomic mass is 16.4. The predicted octanol–water partition coefficient (Wildman–Crippen LogP) is 1.74. The monoisotopic (exact) mass is 149 g/mol. The number of aryl methyl sites for hydroxylation is 2. The molecule has 0 N–H and O–H groups in total. The maximum absolute atomic E-state index is 9.85. The van der Waals surface area contributed by atoms with Crippen LogP contribution in [0.3, 0.4) is 0 Å². The molecule has 3 heteroatoms. The maximum atomic E-state index is 9.85. The highest BCUT2D eigenvalue weighted by Gasteiger charge is 2.15. The van der Waals surface area contributed by atoms with Crippen molar-refractivity contribution < 1.29 is 9.21 Å². The second-order valence-electron chi connectivity index (χ2n) is 2.59. The van der Waals surface area contributed by atoms with Gasteiger partial charge in [-0.3, -0.25) is 0 Å². The van der Waals surface area contributed by atoms with E-state index in [0.29, 0.717) is 5.88 Å². The fourth-order valence-corrected chi connectivity index (χ4v) is 1.41. The topological polar surface area (TPSA) is 42.6 Å². The standard InChI is InChI=1S/C8H7NO2/c10-5-9-8-4-6-2-1-3-7(6)11-8/h4H,1-3H2. The molecule has 2 rings (SSSR count). The van der Waals surface area contributed by atoms with Crippen molar-refractivity contribution in [1.29, 1.82) is 0 Å². The Morgan fingerprint density at radius 2 is 2.45 bits per heavy atom. The minimum Gasteiger partial charge on any atom is -0.442 e. The second-order valence-corrected chi connectivity index (χ2v) is 2.59. The molecule has 0 aromatic carbocycles. The van der Waals surface area contributed by atoms with Gasteiger partial charge in [0.2, 0.25) is 12.0 Å². The van der Waals surface area contributed by atoms with Gasteiger partial charge in [0.1, 0.15) is 5.76 Å². The van der Waals surface area contributed by atoms with Gasteiger partial charge < -0.3 is 4.42 Å². The zero-order valence-electron chi connectivity index (χ0n) is 5.96. The van der Waals surface area contributed by atoms with E-state index in [-0.39, 0.29) is 0 Å². The van der Waals surface area contributed by atoms with E-state index < -0.39 is 0 Å². The van der Waals surface area contributed by atoms with Gasteiger partial charge in [-0.25, -0.2) is 4.79 Å². The van der Waals surface area contributed by atoms with E-state index >= 15 is 0 Å². The van der Waals surface area contributed by atoms with Crippen molar-refractivity contribution in [2.24, 2.45) is 4.99 Å². The summed E-state index contributed by atoms with van der Waals surface area (Å²) in [7, 11) is 0. The summed E-state index contributed by atoms with van der Waals surface area (Å²) in [5, 5.41) is 0. The van der Waals surface area contributed by atoms with Crippen molar-refractivity contribution in [2.75, 3.05) is 0 Å². The Hall–Kier alpha value is -1.34. The largest absolute Gasteiger partial charge is 0.442 e. The molecule has 11 heavy (non-hydrogen) atoms. The van der Waals surface area contributed by atoms with Crippen LogP contribution in [-0.2, 0) is 17.6 Å². The Labute approximate surface area is 63.7 Å². The number of hydrogen-bond acceptors (Lipinski definition) is 3. The summed E-state index contributed by atoms with van der Waals surface area (Å²) in [6.07, 6.45) is 4.63. The molecule has 0 radical (unpaired) electrons. The molecule has 0 unspecified atom stereocenters. The SMILES string of the molecule is O=C=Nc1cc2c(o1)CCC2. The predicted molar refractivity (Wildman–Crippen MR) is 38.5 cm³/mol. The van der Waals surface area contributed by atoms with E-state index in [1.54, 1.807) is 0 Å². The molecule has 0 bridgehead atoms. The quantitative estimate of drug-likeness (QED) is 0.450. The van der Waals surface area contributed by atoms with Crippen LogP contribution in [0.1, 0.15) is 17.7 Å². The molecule has 1 aliphatic rings. The molecule has 3 nitrogen and oxygen atoms in total. The summed E-state index contributed by atoms with van der Waals surface area (Å²) in [6.45, 7) is 0. The second kappa shape index (κ2) is 2.36. The lowest BCUT2D eigenvalue weighted by molar-refractivity contribution is 0.521. The molecule has 0 amide bonds. The van der Waals surface area contributed by atoms with Crippen LogP contribution in [0.2, 0.25) is 0 Å². The van der Waals surface area contributed by atoms with E-state index in [1.807, 2.05) is 6.07 Å². The fourth-order valence-electron chi connectivity index (χ4n) is 1.41. The van der Waals surface area contributed by atoms with E-state index in [0.717, 1.165) is 25.0 Å². The van der Waals surface area contributed by atoms with E-state index in [2.05, 4.69) is 4.99 Å². The summed E-state index contributed by atoms with van der Waals surface area (Å²) in [5.74, 6) is 1.38. The van der Waals surface area contributed by atoms with Crippen molar-refractivity contribution in [3.8, 4) is 0 Å². The Bertz CT molecular complexity index is 299. The molecular formula is C8H7NO2. The average Bonchev–Trinajstić information content (AvgIpc) is 2.46. The van der Waals surface area contributed by atoms with Gasteiger partial charge in [0.25, 0.3) is 0 Å². The maximum Gasteiger partial charge on any atom is 0.243 e. The molecular weight excluding hydrogens is 142 g/mol. The van der Waals surface area contributed by atoms with Crippen LogP contribution in [0.15, 0.2) is 15.5 Å². The average molecular weight is 149 g/mol. The molecule has 0 saturated carbocycles. The molecule has 0 saturated heterocycles. The lowest BCUT2D eigenvalue weighted by atomic mass is 10.3. The molecule has 0 fully saturated rings. The van der Waals surface area contributed by atoms with Gasteiger partial charge in [-0.1, -0.05) is 0 Å². The first kappa shape index (κ1) is 6.38. The number of nitrogens with zero attached hydrogens (tertiary/aromatic N) is 1. The molecule has 0 atom stereocenters. The molecule has 1 aromatic heterocycles. The molecule has 1 aromatic rings. The number of fused-ring (bicyclic) bond motifs is 1. The minimum atomic E-state index is 0.393. The summed E-state index contributed by atoms with van der Waals surface area (Å²) >= 11 is 0. The zero-order valence-corrected chi connectivity index (χ0v) is 5.96. The highest BCUT2D eigenvalue weighted by molar-refractivity contribution is 5.45. The van der Waals surface area contributed by atoms with E-state index in [1.165, 1.54) is 11.6 Å². The molecule has 1 aliphatic carbocycles. The third-order valence-corrected chi connectivity index (χ3v) is 1.89. The lowest BCUT2D eigenvalue weighted by Crippen LogP contribution is -1.68. The number of hydrogen-bond donors (Lipinski definition) is 0. The van der Waals surface area contributed by atoms with Crippen molar-refractivity contribution in [1.82, 2.24) is 0 Å². The summed E-state index contributed by atoms with van der Waals surface area (Å²) in [6, 6.07) is 1.81. The third kappa shape index (κ3) is 0.994. The first-order valence-electron chi connectivity index (χ1n) is 3.59. The van der Waals surface area contributed by atoms with E-state index in [9.17, 15) is 4.79 Å². The number of aliphatic imine (C=N–C) groups is 1. The minimum absolute atomic E-state index is 0.393. The number of rotatable bonds is 1. The zero-order chi connectivity index (χ0) is 7.68. The van der Waals surface area contributed by atoms with Gasteiger partial charge in [-0.2, -0.15) is 0 Å². The van der Waals surface area contributed by atoms with Gasteiger partial charge in [-0.05, 0) is 18.4 Å². The van der Waals surface area contributed by atoms with Crippen molar-refractivity contribution in [3.05, 3.63) is 17.4 Å². The van der Waals surface area contributed by atoms with Crippen LogP contribution >= 0.6 is 0 Å². The number of carbonyl (C=O) groups excluding carboxylic acids is 1. The summed E-state index contributed by atoms with van der Waals surface area (Å²) in [5.41, 5.74) is 1.19. The van der Waals surface area contributed by atoms with Gasteiger partial charge in [-0.15, -0.1) is 4.99 Å². The van der Waals surface area contributed by atoms with Crippen molar-refractivity contribution >= 4 is 12.0 Å². The van der Waals surface area contributed by atoms with Crippen LogP contribution in [0.25, 0.3) is 0 Å². The number of furan rings is 1. The van der Waals surface area contributed by atoms with Crippen LogP contribution in [0.4, 0.5) is 5.88 Å². The van der Waals surface area contributed by atoms with Crippen molar-refractivity contribution in [2.45, 2.75) is 19.3 Å². The van der Waals surface area contributed by atoms with E-state index in [4.69, 9.17) is 4.42 Å². The summed E-state index contributed by atoms with van der Waals surface area (Å²) < 4.78 is 5.24. The lowest BCUT2D eigenvalue weighted by Gasteiger charge is -1.82. The van der Waals surface area contributed by atoms with Crippen LogP contribution in [0, 0.1) is 0 Å². The highest BCUT2D eigenvalue weighted by Crippen LogP contribution is 2.29. The Kier molecular flexibility index (Phi) is 1.37. The molecule has 1 heterocycles. The Morgan fingerprint density at radius 3 is 3.18 bits per heavy atom. The smallest absolute Gasteiger partial charge is 0.243 e. The number of isocyanates is 1. The first-order valence-corrected chi connectivity index (χ1v) is 3.59. The fraction of sp³-hybridized carbons (Fsp3) is 0.375. The van der Waals surface area contributed by atoms with Gasteiger partial charge >= 0.3 is 0 Å². The summed E-state index contributed by atoms with van der Waals surface area (Å²) in [4.78, 5) is 13.2. The van der Waals surface area contributed by atoms with Gasteiger partial charge in [0.15, 0.2) is 0 Å². The third-order valence-electron chi connectivity index (χ3n) is 1.89. The van der Waals surface area contributed by atoms with Crippen molar-refractivity contribution in [3.63, 3.8) is 0 Å². The molecule has 0 spiro atoms. The van der Waals surface area contributed by atoms with Crippen LogP contribution < -0.4 is 0 Å². The van der Waals surface area contributed by atoms with Gasteiger partial charge in [0.05, 0.1) is 0 Å². The molecule has 0 aliphatic heterocycles. The van der Waals surface area contributed by atoms with Crippen LogP contribution in [-0.4, -0.2) is 6.08 Å².